The van der Waals surface area contributed by atoms with Crippen molar-refractivity contribution in [3.63, 3.8) is 0 Å². The highest BCUT2D eigenvalue weighted by Crippen LogP contribution is 2.11. The number of nitrogens with one attached hydrogen (secondary N) is 1. The molecule has 2 nitrogen and oxygen atoms in total. The van der Waals surface area contributed by atoms with Crippen molar-refractivity contribution in [3.8, 4) is 12.3 Å². The molecule has 1 fully saturated rings. The molecule has 0 radical (unpaired) electrons. The molecular formula is C17H24N2. The van der Waals surface area contributed by atoms with Crippen molar-refractivity contribution in [2.45, 2.75) is 31.7 Å². The molecule has 1 saturated heterocycles. The Morgan fingerprint density at radius 3 is 2.63 bits per heavy atom. The van der Waals surface area contributed by atoms with Gasteiger partial charge in [0, 0.05) is 25.6 Å². The number of hydrogen-bond donors (Lipinski definition) is 1. The van der Waals surface area contributed by atoms with E-state index in [0.717, 1.165) is 19.4 Å². The Morgan fingerprint density at radius 2 is 1.95 bits per heavy atom. The lowest BCUT2D eigenvalue weighted by Gasteiger charge is -2.32. The van der Waals surface area contributed by atoms with Crippen molar-refractivity contribution in [1.82, 2.24) is 10.2 Å². The van der Waals surface area contributed by atoms with Crippen LogP contribution in [-0.4, -0.2) is 37.1 Å². The maximum Gasteiger partial charge on any atom is 0.0211 e. The summed E-state index contributed by atoms with van der Waals surface area (Å²) in [5.41, 5.74) is 1.44. The number of nitrogens with zero attached hydrogens (tertiary/aromatic N) is 1. The van der Waals surface area contributed by atoms with Crippen LogP contribution in [0.5, 0.6) is 0 Å². The van der Waals surface area contributed by atoms with E-state index in [2.05, 4.69) is 46.5 Å². The van der Waals surface area contributed by atoms with Crippen LogP contribution in [0.1, 0.15) is 24.8 Å². The summed E-state index contributed by atoms with van der Waals surface area (Å²) in [7, 11) is 0. The summed E-state index contributed by atoms with van der Waals surface area (Å²) in [6.07, 6.45) is 9.77. The van der Waals surface area contributed by atoms with Gasteiger partial charge in [0.15, 0.2) is 0 Å². The van der Waals surface area contributed by atoms with E-state index < -0.39 is 0 Å². The van der Waals surface area contributed by atoms with E-state index in [4.69, 9.17) is 6.42 Å². The summed E-state index contributed by atoms with van der Waals surface area (Å²) in [6.45, 7) is 4.56. The van der Waals surface area contributed by atoms with Gasteiger partial charge < -0.3 is 10.2 Å². The Bertz CT molecular complexity index is 385. The van der Waals surface area contributed by atoms with E-state index in [-0.39, 0.29) is 0 Å². The zero-order valence-corrected chi connectivity index (χ0v) is 11.6. The molecule has 1 aliphatic heterocycles. The lowest BCUT2D eigenvalue weighted by Crippen LogP contribution is -2.43. The lowest BCUT2D eigenvalue weighted by molar-refractivity contribution is 0.200. The molecule has 0 aromatic heterocycles. The summed E-state index contributed by atoms with van der Waals surface area (Å²) in [4.78, 5) is 2.58. The average Bonchev–Trinajstić information content (AvgIpc) is 2.48. The van der Waals surface area contributed by atoms with Crippen molar-refractivity contribution >= 4 is 0 Å². The van der Waals surface area contributed by atoms with Crippen LogP contribution in [0.3, 0.4) is 0 Å². The third kappa shape index (κ3) is 5.06. The van der Waals surface area contributed by atoms with Gasteiger partial charge in [0.25, 0.3) is 0 Å². The monoisotopic (exact) mass is 256 g/mol. The van der Waals surface area contributed by atoms with Crippen molar-refractivity contribution in [2.75, 3.05) is 26.2 Å². The van der Waals surface area contributed by atoms with Crippen molar-refractivity contribution < 1.29 is 0 Å². The summed E-state index contributed by atoms with van der Waals surface area (Å²) < 4.78 is 0. The van der Waals surface area contributed by atoms with Gasteiger partial charge in [-0.2, -0.15) is 0 Å². The standard InChI is InChI=1S/C17H24N2/c1-2-3-12-18-17-10-14-19(15-11-17)13-9-16-7-5-4-6-8-16/h1,4-8,17-18H,3,9-15H2. The largest absolute Gasteiger partial charge is 0.313 e. The zero-order chi connectivity index (χ0) is 13.3. The molecule has 1 aromatic carbocycles. The molecule has 2 heteroatoms. The van der Waals surface area contributed by atoms with Gasteiger partial charge in [0.05, 0.1) is 0 Å². The number of likely N-dealkylation sites (tertiary alicyclic amines) is 1. The number of piperidine rings is 1. The minimum atomic E-state index is 0.668. The molecule has 19 heavy (non-hydrogen) atoms. The molecule has 0 saturated carbocycles. The fourth-order valence-corrected chi connectivity index (χ4v) is 2.64. The van der Waals surface area contributed by atoms with Crippen LogP contribution in [0.25, 0.3) is 0 Å². The second-order valence-electron chi connectivity index (χ2n) is 5.26. The fourth-order valence-electron chi connectivity index (χ4n) is 2.64. The van der Waals surface area contributed by atoms with Crippen molar-refractivity contribution in [1.29, 1.82) is 0 Å². The first kappa shape index (κ1) is 14.1. The molecule has 1 N–H and O–H groups in total. The molecule has 1 aromatic rings. The smallest absolute Gasteiger partial charge is 0.0211 e. The Morgan fingerprint density at radius 1 is 1.21 bits per heavy atom. The third-order valence-corrected chi connectivity index (χ3v) is 3.85. The van der Waals surface area contributed by atoms with Gasteiger partial charge in [-0.15, -0.1) is 12.3 Å². The first-order chi connectivity index (χ1) is 9.38. The van der Waals surface area contributed by atoms with Gasteiger partial charge >= 0.3 is 0 Å². The highest BCUT2D eigenvalue weighted by Gasteiger charge is 2.17. The Hall–Kier alpha value is -1.30. The number of terminal acetylenes is 1. The van der Waals surface area contributed by atoms with Crippen molar-refractivity contribution in [3.05, 3.63) is 35.9 Å². The van der Waals surface area contributed by atoms with Crippen LogP contribution in [0.2, 0.25) is 0 Å². The van der Waals surface area contributed by atoms with E-state index in [1.165, 1.54) is 38.0 Å². The van der Waals surface area contributed by atoms with E-state index in [9.17, 15) is 0 Å². The van der Waals surface area contributed by atoms with Crippen LogP contribution in [0, 0.1) is 12.3 Å². The van der Waals surface area contributed by atoms with Gasteiger partial charge in [-0.25, -0.2) is 0 Å². The normalized spacial score (nSPS) is 17.2. The van der Waals surface area contributed by atoms with Crippen LogP contribution in [-0.2, 0) is 6.42 Å². The molecule has 0 amide bonds. The molecule has 102 valence electrons. The summed E-state index contributed by atoms with van der Waals surface area (Å²) in [5.74, 6) is 2.68. The Labute approximate surface area is 117 Å². The molecule has 2 rings (SSSR count). The highest BCUT2D eigenvalue weighted by atomic mass is 15.1. The molecule has 0 atom stereocenters. The number of benzene rings is 1. The molecule has 0 bridgehead atoms. The molecule has 1 heterocycles. The maximum atomic E-state index is 5.26. The minimum absolute atomic E-state index is 0.668. The second-order valence-corrected chi connectivity index (χ2v) is 5.26. The predicted molar refractivity (Wildman–Crippen MR) is 81.1 cm³/mol. The molecule has 0 aliphatic carbocycles. The summed E-state index contributed by atoms with van der Waals surface area (Å²) >= 11 is 0. The van der Waals surface area contributed by atoms with E-state index in [1.807, 2.05) is 0 Å². The van der Waals surface area contributed by atoms with Crippen LogP contribution >= 0.6 is 0 Å². The zero-order valence-electron chi connectivity index (χ0n) is 11.6. The first-order valence-electron chi connectivity index (χ1n) is 7.31. The topological polar surface area (TPSA) is 15.3 Å². The summed E-state index contributed by atoms with van der Waals surface area (Å²) in [5, 5.41) is 3.55. The Balaban J connectivity index is 1.62. The van der Waals surface area contributed by atoms with Gasteiger partial charge in [-0.3, -0.25) is 0 Å². The van der Waals surface area contributed by atoms with E-state index >= 15 is 0 Å². The van der Waals surface area contributed by atoms with E-state index in [1.54, 1.807) is 0 Å². The summed E-state index contributed by atoms with van der Waals surface area (Å²) in [6, 6.07) is 11.4. The molecule has 1 aliphatic rings. The fraction of sp³-hybridized carbons (Fsp3) is 0.529. The number of hydrogen-bond acceptors (Lipinski definition) is 2. The average molecular weight is 256 g/mol. The first-order valence-corrected chi connectivity index (χ1v) is 7.31. The van der Waals surface area contributed by atoms with Gasteiger partial charge in [-0.1, -0.05) is 30.3 Å². The highest BCUT2D eigenvalue weighted by molar-refractivity contribution is 5.14. The van der Waals surface area contributed by atoms with E-state index in [0.29, 0.717) is 6.04 Å². The predicted octanol–water partition coefficient (Wildman–Crippen LogP) is 2.31. The molecule has 0 unspecified atom stereocenters. The maximum absolute atomic E-state index is 5.26. The number of rotatable bonds is 6. The SMILES string of the molecule is C#CCCNC1CCN(CCc2ccccc2)CC1. The minimum Gasteiger partial charge on any atom is -0.313 e. The third-order valence-electron chi connectivity index (χ3n) is 3.85. The molecular weight excluding hydrogens is 232 g/mol. The van der Waals surface area contributed by atoms with Crippen LogP contribution in [0.4, 0.5) is 0 Å². The Kier molecular flexibility index (Phi) is 5.94. The quantitative estimate of drug-likeness (QED) is 0.620. The van der Waals surface area contributed by atoms with Gasteiger partial charge in [0.2, 0.25) is 0 Å². The second kappa shape index (κ2) is 7.99. The molecule has 0 spiro atoms. The van der Waals surface area contributed by atoms with Gasteiger partial charge in [-0.05, 0) is 37.9 Å². The van der Waals surface area contributed by atoms with Crippen LogP contribution < -0.4 is 5.32 Å². The van der Waals surface area contributed by atoms with Crippen molar-refractivity contribution in [2.24, 2.45) is 0 Å². The lowest BCUT2D eigenvalue weighted by atomic mass is 10.0. The van der Waals surface area contributed by atoms with Crippen LogP contribution in [0.15, 0.2) is 30.3 Å². The van der Waals surface area contributed by atoms with Gasteiger partial charge in [0.1, 0.15) is 0 Å².